The molecule has 2 N–H and O–H groups in total. The van der Waals surface area contributed by atoms with E-state index in [-0.39, 0.29) is 36.0 Å². The van der Waals surface area contributed by atoms with E-state index in [0.717, 1.165) is 11.1 Å². The lowest BCUT2D eigenvalue weighted by Crippen LogP contribution is -2.26. The third-order valence-corrected chi connectivity index (χ3v) is 6.71. The van der Waals surface area contributed by atoms with Crippen LogP contribution in [0.4, 0.5) is 5.69 Å². The van der Waals surface area contributed by atoms with Gasteiger partial charge in [0.05, 0.1) is 17.6 Å². The van der Waals surface area contributed by atoms with Gasteiger partial charge < -0.3 is 10.1 Å². The third-order valence-electron chi connectivity index (χ3n) is 5.23. The molecule has 0 aliphatic rings. The molecule has 0 radical (unpaired) electrons. The summed E-state index contributed by atoms with van der Waals surface area (Å²) in [6, 6.07) is 20.8. The topological polar surface area (TPSA) is 102 Å². The Morgan fingerprint density at radius 3 is 2.29 bits per heavy atom. The molecule has 178 valence electrons. The van der Waals surface area contributed by atoms with E-state index >= 15 is 0 Å². The third kappa shape index (κ3) is 7.00. The average Bonchev–Trinajstić information content (AvgIpc) is 2.83. The summed E-state index contributed by atoms with van der Waals surface area (Å²) in [6.07, 6.45) is 0.613. The van der Waals surface area contributed by atoms with Crippen LogP contribution < -0.4 is 14.8 Å². The Morgan fingerprint density at radius 1 is 0.912 bits per heavy atom. The highest BCUT2D eigenvalue weighted by molar-refractivity contribution is 7.89. The smallest absolute Gasteiger partial charge is 0.240 e. The molecule has 1 amide bonds. The first-order valence-corrected chi connectivity index (χ1v) is 12.4. The maximum Gasteiger partial charge on any atom is 0.240 e. The van der Waals surface area contributed by atoms with Crippen molar-refractivity contribution in [2.24, 2.45) is 0 Å². The Hall–Kier alpha value is -3.49. The van der Waals surface area contributed by atoms with Crippen molar-refractivity contribution in [3.63, 3.8) is 0 Å². The minimum Gasteiger partial charge on any atom is -0.496 e. The second-order valence-electron chi connectivity index (χ2n) is 7.83. The fraction of sp³-hybridized carbons (Fsp3) is 0.231. The fourth-order valence-corrected chi connectivity index (χ4v) is 4.43. The number of nitrogens with one attached hydrogen (secondary N) is 2. The van der Waals surface area contributed by atoms with Gasteiger partial charge in [-0.1, -0.05) is 42.0 Å². The first-order chi connectivity index (χ1) is 16.3. The summed E-state index contributed by atoms with van der Waals surface area (Å²) in [6.45, 7) is 2.16. The summed E-state index contributed by atoms with van der Waals surface area (Å²) in [5.41, 5.74) is 2.87. The number of methoxy groups -OCH3 is 1. The number of sulfonamides is 1. The molecule has 3 rings (SSSR count). The van der Waals surface area contributed by atoms with Crippen molar-refractivity contribution in [3.05, 3.63) is 89.5 Å². The van der Waals surface area contributed by atoms with Crippen LogP contribution in [0.15, 0.2) is 77.7 Å². The van der Waals surface area contributed by atoms with Gasteiger partial charge in [-0.2, -0.15) is 0 Å². The van der Waals surface area contributed by atoms with E-state index < -0.39 is 10.0 Å². The number of hydrogen-bond acceptors (Lipinski definition) is 5. The van der Waals surface area contributed by atoms with Crippen molar-refractivity contribution >= 4 is 27.4 Å². The van der Waals surface area contributed by atoms with Crippen LogP contribution in [0, 0.1) is 6.92 Å². The number of anilines is 1. The van der Waals surface area contributed by atoms with Gasteiger partial charge in [0.1, 0.15) is 5.75 Å². The molecule has 8 heteroatoms. The molecule has 0 aliphatic heterocycles. The molecule has 0 aliphatic carbocycles. The van der Waals surface area contributed by atoms with E-state index in [1.807, 2.05) is 43.3 Å². The molecular formula is C26H28N2O5S. The highest BCUT2D eigenvalue weighted by Gasteiger charge is 2.16. The van der Waals surface area contributed by atoms with Crippen molar-refractivity contribution in [2.75, 3.05) is 19.0 Å². The van der Waals surface area contributed by atoms with Crippen LogP contribution in [0.3, 0.4) is 0 Å². The molecule has 7 nitrogen and oxygen atoms in total. The second kappa shape index (κ2) is 11.6. The summed E-state index contributed by atoms with van der Waals surface area (Å²) in [4.78, 5) is 24.9. The molecule has 0 aromatic heterocycles. The molecule has 0 atom stereocenters. The Kier molecular flexibility index (Phi) is 8.56. The Labute approximate surface area is 200 Å². The predicted molar refractivity (Wildman–Crippen MR) is 132 cm³/mol. The van der Waals surface area contributed by atoms with Gasteiger partial charge >= 0.3 is 0 Å². The first-order valence-electron chi connectivity index (χ1n) is 10.9. The SMILES string of the molecule is COc1ccc(C)cc1C(=O)CCC(=O)Nc1ccc(S(=O)(=O)NCCc2ccccc2)cc1. The van der Waals surface area contributed by atoms with E-state index in [2.05, 4.69) is 10.0 Å². The lowest BCUT2D eigenvalue weighted by molar-refractivity contribution is -0.116. The van der Waals surface area contributed by atoms with Crippen LogP contribution in [0.2, 0.25) is 0 Å². The summed E-state index contributed by atoms with van der Waals surface area (Å²) < 4.78 is 32.8. The van der Waals surface area contributed by atoms with Crippen molar-refractivity contribution in [2.45, 2.75) is 31.1 Å². The number of ether oxygens (including phenoxy) is 1. The van der Waals surface area contributed by atoms with Gasteiger partial charge in [0, 0.05) is 25.1 Å². The number of benzene rings is 3. The van der Waals surface area contributed by atoms with E-state index in [1.165, 1.54) is 31.4 Å². The fourth-order valence-electron chi connectivity index (χ4n) is 3.40. The lowest BCUT2D eigenvalue weighted by atomic mass is 10.0. The van der Waals surface area contributed by atoms with Gasteiger partial charge in [0.25, 0.3) is 0 Å². The molecule has 3 aromatic carbocycles. The standard InChI is InChI=1S/C26H28N2O5S/c1-19-8-14-25(33-2)23(18-19)24(29)13-15-26(30)28-21-9-11-22(12-10-21)34(31,32)27-17-16-20-6-4-3-5-7-20/h3-12,14,18,27H,13,15-17H2,1-2H3,(H,28,30). The largest absolute Gasteiger partial charge is 0.496 e. The normalized spacial score (nSPS) is 11.1. The van der Waals surface area contributed by atoms with Gasteiger partial charge in [-0.15, -0.1) is 0 Å². The van der Waals surface area contributed by atoms with E-state index in [1.54, 1.807) is 12.1 Å². The Morgan fingerprint density at radius 2 is 1.62 bits per heavy atom. The number of rotatable bonds is 11. The number of carbonyl (C=O) groups excluding carboxylic acids is 2. The molecule has 34 heavy (non-hydrogen) atoms. The first kappa shape index (κ1) is 25.1. The molecule has 3 aromatic rings. The van der Waals surface area contributed by atoms with Crippen LogP contribution in [0.5, 0.6) is 5.75 Å². The number of hydrogen-bond donors (Lipinski definition) is 2. The van der Waals surface area contributed by atoms with Crippen molar-refractivity contribution in [3.8, 4) is 5.75 Å². The summed E-state index contributed by atoms with van der Waals surface area (Å²) >= 11 is 0. The Bertz CT molecular complexity index is 1240. The number of carbonyl (C=O) groups is 2. The summed E-state index contributed by atoms with van der Waals surface area (Å²) in [5.74, 6) is -0.0412. The second-order valence-corrected chi connectivity index (χ2v) is 9.60. The maximum atomic E-state index is 12.5. The highest BCUT2D eigenvalue weighted by atomic mass is 32.2. The van der Waals surface area contributed by atoms with Crippen LogP contribution in [0.1, 0.15) is 34.3 Å². The molecule has 0 saturated carbocycles. The predicted octanol–water partition coefficient (Wildman–Crippen LogP) is 4.13. The lowest BCUT2D eigenvalue weighted by Gasteiger charge is -2.10. The average molecular weight is 481 g/mol. The Balaban J connectivity index is 1.51. The number of aryl methyl sites for hydroxylation is 1. The van der Waals surface area contributed by atoms with Gasteiger partial charge in [-0.3, -0.25) is 9.59 Å². The van der Waals surface area contributed by atoms with E-state index in [0.29, 0.717) is 23.4 Å². The van der Waals surface area contributed by atoms with Crippen molar-refractivity contribution in [1.29, 1.82) is 0 Å². The number of ketones is 1. The van der Waals surface area contributed by atoms with Gasteiger partial charge in [0.2, 0.25) is 15.9 Å². The zero-order chi connectivity index (χ0) is 24.6. The van der Waals surface area contributed by atoms with Gasteiger partial charge in [-0.25, -0.2) is 13.1 Å². The molecule has 0 saturated heterocycles. The quantitative estimate of drug-likeness (QED) is 0.402. The maximum absolute atomic E-state index is 12.5. The molecular weight excluding hydrogens is 452 g/mol. The molecule has 0 bridgehead atoms. The zero-order valence-electron chi connectivity index (χ0n) is 19.2. The van der Waals surface area contributed by atoms with E-state index in [9.17, 15) is 18.0 Å². The van der Waals surface area contributed by atoms with Gasteiger partial charge in [0.15, 0.2) is 5.78 Å². The number of Topliss-reactive ketones (excluding diaryl/α,β-unsaturated/α-hetero) is 1. The molecule has 0 fully saturated rings. The van der Waals surface area contributed by atoms with Crippen LogP contribution in [-0.2, 0) is 21.2 Å². The summed E-state index contributed by atoms with van der Waals surface area (Å²) in [5, 5.41) is 2.69. The number of amides is 1. The molecule has 0 unspecified atom stereocenters. The molecule has 0 heterocycles. The van der Waals surface area contributed by atoms with E-state index in [4.69, 9.17) is 4.74 Å². The molecule has 0 spiro atoms. The van der Waals surface area contributed by atoms with Gasteiger partial charge in [-0.05, 0) is 55.3 Å². The minimum atomic E-state index is -3.66. The highest BCUT2D eigenvalue weighted by Crippen LogP contribution is 2.22. The van der Waals surface area contributed by atoms with Crippen molar-refractivity contribution in [1.82, 2.24) is 4.72 Å². The van der Waals surface area contributed by atoms with Crippen LogP contribution >= 0.6 is 0 Å². The van der Waals surface area contributed by atoms with Crippen LogP contribution in [0.25, 0.3) is 0 Å². The summed E-state index contributed by atoms with van der Waals surface area (Å²) in [7, 11) is -2.16. The van der Waals surface area contributed by atoms with Crippen molar-refractivity contribution < 1.29 is 22.7 Å². The zero-order valence-corrected chi connectivity index (χ0v) is 20.0. The minimum absolute atomic E-state index is 0.00296. The van der Waals surface area contributed by atoms with Crippen LogP contribution in [-0.4, -0.2) is 33.8 Å². The monoisotopic (exact) mass is 480 g/mol.